The highest BCUT2D eigenvalue weighted by molar-refractivity contribution is 5.84. The molecule has 0 fully saturated rings. The van der Waals surface area contributed by atoms with Crippen molar-refractivity contribution in [2.24, 2.45) is 0 Å². The number of hydrogen-bond donors (Lipinski definition) is 2. The van der Waals surface area contributed by atoms with Gasteiger partial charge in [-0.2, -0.15) is 0 Å². The van der Waals surface area contributed by atoms with E-state index in [-0.39, 0.29) is 12.4 Å². The zero-order valence-corrected chi connectivity index (χ0v) is 18.4. The van der Waals surface area contributed by atoms with Crippen LogP contribution in [0.2, 0.25) is 0 Å². The van der Waals surface area contributed by atoms with Gasteiger partial charge in [0.25, 0.3) is 0 Å². The summed E-state index contributed by atoms with van der Waals surface area (Å²) in [5.74, 6) is 0.584. The maximum Gasteiger partial charge on any atom is 0.165 e. The molecular formula is C26H24FN5O. The Kier molecular flexibility index (Phi) is 6.42. The van der Waals surface area contributed by atoms with Gasteiger partial charge in [0.1, 0.15) is 17.2 Å². The van der Waals surface area contributed by atoms with Gasteiger partial charge >= 0.3 is 0 Å². The molecule has 3 heterocycles. The number of imidazole rings is 1. The van der Waals surface area contributed by atoms with Crippen molar-refractivity contribution in [2.75, 3.05) is 5.73 Å². The number of aliphatic hydroxyl groups excluding tert-OH is 1. The number of aromatic nitrogens is 4. The first-order valence-electron chi connectivity index (χ1n) is 10.7. The molecule has 7 heteroatoms. The van der Waals surface area contributed by atoms with Crippen LogP contribution in [0.1, 0.15) is 19.4 Å². The molecule has 0 amide bonds. The summed E-state index contributed by atoms with van der Waals surface area (Å²) in [4.78, 5) is 13.7. The zero-order valence-electron chi connectivity index (χ0n) is 18.4. The van der Waals surface area contributed by atoms with Gasteiger partial charge in [-0.1, -0.05) is 38.1 Å². The molecule has 6 nitrogen and oxygen atoms in total. The maximum atomic E-state index is 14.4. The summed E-state index contributed by atoms with van der Waals surface area (Å²) in [5, 5.41) is 9.40. The van der Waals surface area contributed by atoms with Gasteiger partial charge in [0.15, 0.2) is 11.5 Å². The van der Waals surface area contributed by atoms with Crippen molar-refractivity contribution in [3.8, 4) is 28.3 Å². The molecule has 0 radical (unpaired) electrons. The Bertz CT molecular complexity index is 1400. The minimum atomic E-state index is -0.343. The molecule has 0 bridgehead atoms. The highest BCUT2D eigenvalue weighted by Gasteiger charge is 2.19. The largest absolute Gasteiger partial charge is 0.392 e. The topological polar surface area (TPSA) is 89.9 Å². The molecule has 5 aromatic rings. The van der Waals surface area contributed by atoms with Crippen LogP contribution in [0.4, 0.5) is 10.2 Å². The normalized spacial score (nSPS) is 10.7. The van der Waals surface area contributed by atoms with E-state index in [9.17, 15) is 9.50 Å². The second-order valence-corrected chi connectivity index (χ2v) is 7.05. The fourth-order valence-electron chi connectivity index (χ4n) is 3.56. The Hall–Kier alpha value is -4.10. The van der Waals surface area contributed by atoms with Crippen molar-refractivity contribution in [3.05, 3.63) is 90.4 Å². The van der Waals surface area contributed by atoms with Gasteiger partial charge in [-0.25, -0.2) is 19.3 Å². The van der Waals surface area contributed by atoms with Crippen molar-refractivity contribution in [3.63, 3.8) is 0 Å². The SMILES string of the molecule is CC.Nc1ncccc1-c1nc2ccc(-c3ccccc3F)nc2n1-c1ccc(CO)cc1. The van der Waals surface area contributed by atoms with Crippen LogP contribution >= 0.6 is 0 Å². The predicted molar refractivity (Wildman–Crippen MR) is 129 cm³/mol. The van der Waals surface area contributed by atoms with E-state index in [0.717, 1.165) is 11.3 Å². The number of fused-ring (bicyclic) bond motifs is 1. The molecule has 3 N–H and O–H groups in total. The van der Waals surface area contributed by atoms with Gasteiger partial charge in [0, 0.05) is 17.4 Å². The fourth-order valence-corrected chi connectivity index (χ4v) is 3.56. The third-order valence-electron chi connectivity index (χ3n) is 5.11. The number of pyridine rings is 2. The van der Waals surface area contributed by atoms with E-state index in [1.807, 2.05) is 54.8 Å². The highest BCUT2D eigenvalue weighted by atomic mass is 19.1. The summed E-state index contributed by atoms with van der Waals surface area (Å²) in [6, 6.07) is 21.2. The third kappa shape index (κ3) is 4.18. The van der Waals surface area contributed by atoms with Crippen LogP contribution in [0.3, 0.4) is 0 Å². The molecule has 0 unspecified atom stereocenters. The summed E-state index contributed by atoms with van der Waals surface area (Å²) in [5.41, 5.74) is 10.5. The molecule has 0 aliphatic heterocycles. The molecule has 166 valence electrons. The molecule has 5 rings (SSSR count). The molecule has 0 spiro atoms. The Morgan fingerprint density at radius 2 is 1.61 bits per heavy atom. The van der Waals surface area contributed by atoms with Crippen LogP contribution in [0, 0.1) is 5.82 Å². The number of halogens is 1. The first-order chi connectivity index (χ1) is 16.2. The lowest BCUT2D eigenvalue weighted by Crippen LogP contribution is -2.02. The standard InChI is InChI=1S/C24H18FN5O.C2H6/c25-19-6-2-1-4-17(19)20-11-12-21-24(28-20)30(16-9-7-15(14-31)8-10-16)23(29-21)18-5-3-13-27-22(18)26;1-2/h1-13,31H,14H2,(H2,26,27);1-2H3. The molecule has 0 saturated carbocycles. The van der Waals surface area contributed by atoms with Crippen molar-refractivity contribution in [2.45, 2.75) is 20.5 Å². The second kappa shape index (κ2) is 9.58. The van der Waals surface area contributed by atoms with E-state index in [1.165, 1.54) is 6.07 Å². The number of nitrogens with zero attached hydrogens (tertiary/aromatic N) is 4. The average molecular weight is 442 g/mol. The zero-order chi connectivity index (χ0) is 23.4. The molecule has 0 aliphatic rings. The van der Waals surface area contributed by atoms with Crippen LogP contribution in [0.15, 0.2) is 79.0 Å². The van der Waals surface area contributed by atoms with Gasteiger partial charge in [0.05, 0.1) is 17.9 Å². The Morgan fingerprint density at radius 3 is 2.30 bits per heavy atom. The number of nitrogens with two attached hydrogens (primary N) is 1. The summed E-state index contributed by atoms with van der Waals surface area (Å²) in [6.07, 6.45) is 1.62. The van der Waals surface area contributed by atoms with Crippen molar-refractivity contribution < 1.29 is 9.50 Å². The number of benzene rings is 2. The minimum Gasteiger partial charge on any atom is -0.392 e. The lowest BCUT2D eigenvalue weighted by Gasteiger charge is -2.11. The number of hydrogen-bond acceptors (Lipinski definition) is 5. The molecule has 0 aliphatic carbocycles. The number of rotatable bonds is 4. The van der Waals surface area contributed by atoms with Gasteiger partial charge in [-0.3, -0.25) is 4.57 Å². The van der Waals surface area contributed by atoms with Crippen molar-refractivity contribution in [1.82, 2.24) is 19.5 Å². The first kappa shape index (κ1) is 22.1. The van der Waals surface area contributed by atoms with Crippen LogP contribution in [0.5, 0.6) is 0 Å². The smallest absolute Gasteiger partial charge is 0.165 e. The van der Waals surface area contributed by atoms with Gasteiger partial charge in [0.2, 0.25) is 0 Å². The van der Waals surface area contributed by atoms with Crippen molar-refractivity contribution in [1.29, 1.82) is 0 Å². The number of anilines is 1. The monoisotopic (exact) mass is 441 g/mol. The van der Waals surface area contributed by atoms with Crippen molar-refractivity contribution >= 4 is 17.0 Å². The van der Waals surface area contributed by atoms with E-state index in [1.54, 1.807) is 36.5 Å². The summed E-state index contributed by atoms with van der Waals surface area (Å²) in [7, 11) is 0. The number of nitrogen functional groups attached to an aromatic ring is 1. The van der Waals surface area contributed by atoms with Gasteiger partial charge in [-0.05, 0) is 54.1 Å². The first-order valence-corrected chi connectivity index (χ1v) is 10.7. The summed E-state index contributed by atoms with van der Waals surface area (Å²) >= 11 is 0. The third-order valence-corrected chi connectivity index (χ3v) is 5.11. The Labute approximate surface area is 191 Å². The molecule has 0 atom stereocenters. The van der Waals surface area contributed by atoms with Crippen LogP contribution in [-0.2, 0) is 6.61 Å². The van der Waals surface area contributed by atoms with Gasteiger partial charge in [-0.15, -0.1) is 0 Å². The maximum absolute atomic E-state index is 14.4. The minimum absolute atomic E-state index is 0.0525. The van der Waals surface area contributed by atoms with E-state index in [0.29, 0.717) is 39.6 Å². The predicted octanol–water partition coefficient (Wildman–Crippen LogP) is 5.39. The van der Waals surface area contributed by atoms with E-state index in [2.05, 4.69) is 4.98 Å². The lowest BCUT2D eigenvalue weighted by molar-refractivity contribution is 0.282. The molecule has 3 aromatic heterocycles. The average Bonchev–Trinajstić information content (AvgIpc) is 3.24. The van der Waals surface area contributed by atoms with E-state index >= 15 is 0 Å². The summed E-state index contributed by atoms with van der Waals surface area (Å²) < 4.78 is 16.3. The molecule has 0 saturated heterocycles. The number of aliphatic hydroxyl groups is 1. The quantitative estimate of drug-likeness (QED) is 0.390. The van der Waals surface area contributed by atoms with Crippen LogP contribution in [0.25, 0.3) is 39.5 Å². The second-order valence-electron chi connectivity index (χ2n) is 7.05. The van der Waals surface area contributed by atoms with E-state index < -0.39 is 0 Å². The lowest BCUT2D eigenvalue weighted by atomic mass is 10.1. The molecule has 33 heavy (non-hydrogen) atoms. The highest BCUT2D eigenvalue weighted by Crippen LogP contribution is 2.32. The van der Waals surface area contributed by atoms with Gasteiger partial charge < -0.3 is 10.8 Å². The van der Waals surface area contributed by atoms with Crippen LogP contribution < -0.4 is 5.73 Å². The van der Waals surface area contributed by atoms with E-state index in [4.69, 9.17) is 15.7 Å². The van der Waals surface area contributed by atoms with Crippen LogP contribution in [-0.4, -0.2) is 24.6 Å². The Balaban J connectivity index is 0.00000126. The molecular weight excluding hydrogens is 417 g/mol. The fraction of sp³-hybridized carbons (Fsp3) is 0.115. The summed E-state index contributed by atoms with van der Waals surface area (Å²) in [6.45, 7) is 3.95. The Morgan fingerprint density at radius 1 is 0.879 bits per heavy atom. The molecule has 2 aromatic carbocycles.